The molecule has 2 aromatic heterocycles. The number of carbonyl (C=O) groups is 1. The fraction of sp³-hybridized carbons (Fsp3) is 0.300. The molecule has 0 saturated heterocycles. The van der Waals surface area contributed by atoms with Gasteiger partial charge in [-0.15, -0.1) is 10.2 Å². The first-order valence-corrected chi connectivity index (χ1v) is 9.89. The van der Waals surface area contributed by atoms with Gasteiger partial charge in [0.15, 0.2) is 12.4 Å². The van der Waals surface area contributed by atoms with Crippen LogP contribution in [0.25, 0.3) is 11.1 Å². The summed E-state index contributed by atoms with van der Waals surface area (Å²) in [5.74, 6) is 0.279. The summed E-state index contributed by atoms with van der Waals surface area (Å²) in [7, 11) is 0. The lowest BCUT2D eigenvalue weighted by Gasteiger charge is -2.13. The lowest BCUT2D eigenvalue weighted by molar-refractivity contribution is -0.154. The smallest absolute Gasteiger partial charge is 0.422 e. The summed E-state index contributed by atoms with van der Waals surface area (Å²) in [5, 5.41) is 14.1. The molecule has 1 aliphatic rings. The van der Waals surface area contributed by atoms with E-state index < -0.39 is 18.9 Å². The Balaban J connectivity index is 1.45. The Morgan fingerprint density at radius 2 is 1.94 bits per heavy atom. The molecular weight excluding hydrogens is 453 g/mol. The number of aromatic nitrogens is 3. The largest absolute Gasteiger partial charge is 0.466 e. The van der Waals surface area contributed by atoms with Crippen molar-refractivity contribution in [2.24, 2.45) is 0 Å². The van der Waals surface area contributed by atoms with Crippen LogP contribution in [0.1, 0.15) is 30.2 Å². The van der Waals surface area contributed by atoms with Crippen LogP contribution < -0.4 is 14.8 Å². The van der Waals surface area contributed by atoms with Gasteiger partial charge in [0.1, 0.15) is 0 Å². The van der Waals surface area contributed by atoms with Gasteiger partial charge in [0.25, 0.3) is 0 Å². The Morgan fingerprint density at radius 3 is 2.62 bits per heavy atom. The van der Waals surface area contributed by atoms with Crippen molar-refractivity contribution in [2.45, 2.75) is 31.5 Å². The van der Waals surface area contributed by atoms with Gasteiger partial charge in [-0.25, -0.2) is 4.79 Å². The van der Waals surface area contributed by atoms with E-state index in [1.54, 1.807) is 30.3 Å². The molecular formula is C20H16ClF3N4O4. The van der Waals surface area contributed by atoms with Gasteiger partial charge in [-0.3, -0.25) is 0 Å². The standard InChI is InChI=1S/C20H16ClF3N4O4/c21-13-5-3-11(4-6-13)15-8-17(26-27-18(15)30-10-20(22,23)24)31-19(29)25-9-14-7-16(28-32-14)12-1-2-12/h3-8,12H,1-2,9-10H2,(H,25,29). The third-order valence-corrected chi connectivity index (χ3v) is 4.69. The van der Waals surface area contributed by atoms with Crippen molar-refractivity contribution in [1.29, 1.82) is 0 Å². The van der Waals surface area contributed by atoms with E-state index in [0.717, 1.165) is 18.5 Å². The summed E-state index contributed by atoms with van der Waals surface area (Å²) in [6.07, 6.45) is -3.28. The van der Waals surface area contributed by atoms with Crippen molar-refractivity contribution >= 4 is 17.7 Å². The van der Waals surface area contributed by atoms with Gasteiger partial charge in [-0.2, -0.15) is 13.2 Å². The molecule has 32 heavy (non-hydrogen) atoms. The molecule has 8 nitrogen and oxygen atoms in total. The third kappa shape index (κ3) is 5.88. The predicted molar refractivity (Wildman–Crippen MR) is 105 cm³/mol. The number of nitrogens with zero attached hydrogens (tertiary/aromatic N) is 3. The Labute approximate surface area is 184 Å². The second kappa shape index (κ2) is 9.03. The molecule has 0 aliphatic heterocycles. The number of rotatable bonds is 7. The first kappa shape index (κ1) is 21.9. The highest BCUT2D eigenvalue weighted by atomic mass is 35.5. The minimum atomic E-state index is -4.56. The van der Waals surface area contributed by atoms with E-state index in [1.807, 2.05) is 0 Å². The number of nitrogens with one attached hydrogen (secondary N) is 1. The number of benzene rings is 1. The van der Waals surface area contributed by atoms with Crippen molar-refractivity contribution in [3.8, 4) is 22.9 Å². The molecule has 0 spiro atoms. The summed E-state index contributed by atoms with van der Waals surface area (Å²) in [5.41, 5.74) is 1.44. The summed E-state index contributed by atoms with van der Waals surface area (Å²) >= 11 is 5.87. The highest BCUT2D eigenvalue weighted by molar-refractivity contribution is 6.30. The number of hydrogen-bond donors (Lipinski definition) is 1. The maximum Gasteiger partial charge on any atom is 0.422 e. The number of hydrogen-bond acceptors (Lipinski definition) is 7. The molecule has 168 valence electrons. The second-order valence-corrected chi connectivity index (χ2v) is 7.48. The normalized spacial score (nSPS) is 13.6. The Kier molecular flexibility index (Phi) is 6.17. The fourth-order valence-electron chi connectivity index (χ4n) is 2.78. The lowest BCUT2D eigenvalue weighted by Crippen LogP contribution is -2.26. The molecule has 0 radical (unpaired) electrons. The van der Waals surface area contributed by atoms with Crippen molar-refractivity contribution in [1.82, 2.24) is 20.7 Å². The number of ether oxygens (including phenoxy) is 2. The van der Waals surface area contributed by atoms with Crippen molar-refractivity contribution in [2.75, 3.05) is 6.61 Å². The minimum Gasteiger partial charge on any atom is -0.466 e. The van der Waals surface area contributed by atoms with Crippen LogP contribution in [0, 0.1) is 0 Å². The molecule has 1 N–H and O–H groups in total. The molecule has 1 fully saturated rings. The summed E-state index contributed by atoms with van der Waals surface area (Å²) in [6, 6.07) is 9.23. The molecule has 4 rings (SSSR count). The van der Waals surface area contributed by atoms with Crippen molar-refractivity contribution in [3.63, 3.8) is 0 Å². The average Bonchev–Trinajstić information content (AvgIpc) is 3.49. The van der Waals surface area contributed by atoms with Crippen LogP contribution in [-0.2, 0) is 6.54 Å². The molecule has 0 unspecified atom stereocenters. The molecule has 1 aromatic carbocycles. The van der Waals surface area contributed by atoms with Gasteiger partial charge in [0, 0.05) is 23.1 Å². The zero-order valence-corrected chi connectivity index (χ0v) is 17.1. The molecule has 0 atom stereocenters. The molecule has 1 saturated carbocycles. The van der Waals surface area contributed by atoms with Crippen LogP contribution in [0.2, 0.25) is 5.02 Å². The van der Waals surface area contributed by atoms with Crippen LogP contribution in [0.5, 0.6) is 11.8 Å². The highest BCUT2D eigenvalue weighted by Crippen LogP contribution is 2.39. The van der Waals surface area contributed by atoms with E-state index in [-0.39, 0.29) is 23.9 Å². The molecule has 0 bridgehead atoms. The summed E-state index contributed by atoms with van der Waals surface area (Å²) in [4.78, 5) is 12.1. The van der Waals surface area contributed by atoms with E-state index >= 15 is 0 Å². The van der Waals surface area contributed by atoms with Crippen LogP contribution in [0.4, 0.5) is 18.0 Å². The van der Waals surface area contributed by atoms with Crippen LogP contribution in [0.15, 0.2) is 40.9 Å². The zero-order chi connectivity index (χ0) is 22.7. The lowest BCUT2D eigenvalue weighted by atomic mass is 10.1. The van der Waals surface area contributed by atoms with Crippen LogP contribution in [0.3, 0.4) is 0 Å². The monoisotopic (exact) mass is 468 g/mol. The second-order valence-electron chi connectivity index (χ2n) is 7.05. The summed E-state index contributed by atoms with van der Waals surface area (Å²) < 4.78 is 52.7. The van der Waals surface area contributed by atoms with E-state index in [9.17, 15) is 18.0 Å². The summed E-state index contributed by atoms with van der Waals surface area (Å²) in [6.45, 7) is -1.51. The van der Waals surface area contributed by atoms with E-state index in [0.29, 0.717) is 22.3 Å². The van der Waals surface area contributed by atoms with E-state index in [1.165, 1.54) is 6.07 Å². The van der Waals surface area contributed by atoms with Gasteiger partial charge in [0.2, 0.25) is 11.8 Å². The fourth-order valence-corrected chi connectivity index (χ4v) is 2.91. The topological polar surface area (TPSA) is 99.4 Å². The van der Waals surface area contributed by atoms with E-state index in [2.05, 4.69) is 20.7 Å². The van der Waals surface area contributed by atoms with Gasteiger partial charge < -0.3 is 19.3 Å². The quantitative estimate of drug-likeness (QED) is 0.527. The molecule has 1 aliphatic carbocycles. The molecule has 2 heterocycles. The van der Waals surface area contributed by atoms with Gasteiger partial charge >= 0.3 is 12.3 Å². The Morgan fingerprint density at radius 1 is 1.19 bits per heavy atom. The predicted octanol–water partition coefficient (Wildman–Crippen LogP) is 4.89. The number of halogens is 4. The molecule has 12 heteroatoms. The van der Waals surface area contributed by atoms with E-state index in [4.69, 9.17) is 25.6 Å². The maximum atomic E-state index is 12.6. The first-order chi connectivity index (χ1) is 15.3. The van der Waals surface area contributed by atoms with Crippen molar-refractivity contribution in [3.05, 3.63) is 52.9 Å². The van der Waals surface area contributed by atoms with Gasteiger partial charge in [0.05, 0.1) is 17.8 Å². The Bertz CT molecular complexity index is 1100. The number of amides is 1. The van der Waals surface area contributed by atoms with Crippen molar-refractivity contribution < 1.29 is 32.0 Å². The highest BCUT2D eigenvalue weighted by Gasteiger charge is 2.30. The average molecular weight is 469 g/mol. The molecule has 3 aromatic rings. The molecule has 1 amide bonds. The van der Waals surface area contributed by atoms with Crippen LogP contribution in [-0.4, -0.2) is 34.2 Å². The Hall–Kier alpha value is -3.34. The number of alkyl halides is 3. The SMILES string of the molecule is O=C(NCc1cc(C2CC2)no1)Oc1cc(-c2ccc(Cl)cc2)c(OCC(F)(F)F)nn1. The third-order valence-electron chi connectivity index (χ3n) is 4.44. The van der Waals surface area contributed by atoms with Crippen LogP contribution >= 0.6 is 11.6 Å². The maximum absolute atomic E-state index is 12.6. The minimum absolute atomic E-state index is 0.0444. The zero-order valence-electron chi connectivity index (χ0n) is 16.4. The van der Waals surface area contributed by atoms with Gasteiger partial charge in [-0.05, 0) is 30.5 Å². The number of carbonyl (C=O) groups excluding carboxylic acids is 1. The first-order valence-electron chi connectivity index (χ1n) is 9.51. The van der Waals surface area contributed by atoms with Gasteiger partial charge in [-0.1, -0.05) is 28.9 Å².